The molecule has 14 heteroatoms. The van der Waals surface area contributed by atoms with Crippen LogP contribution in [-0.4, -0.2) is 108 Å². The van der Waals surface area contributed by atoms with Gasteiger partial charge in [-0.2, -0.15) is 0 Å². The van der Waals surface area contributed by atoms with E-state index in [0.717, 1.165) is 51.4 Å². The molecule has 306 valence electrons. The zero-order valence-corrected chi connectivity index (χ0v) is 32.6. The molecule has 8 unspecified atom stereocenters. The Morgan fingerprint density at radius 2 is 1.19 bits per heavy atom. The third-order valence-corrected chi connectivity index (χ3v) is 10.6. The van der Waals surface area contributed by atoms with E-state index < -0.39 is 75.2 Å². The Hall–Kier alpha value is -1.22. The van der Waals surface area contributed by atoms with E-state index in [4.69, 9.17) is 9.05 Å². The molecule has 1 saturated carbocycles. The van der Waals surface area contributed by atoms with Crippen LogP contribution in [-0.2, 0) is 18.4 Å². The predicted molar refractivity (Wildman–Crippen MR) is 201 cm³/mol. The normalized spacial score (nSPS) is 25.3. The Morgan fingerprint density at radius 1 is 0.692 bits per heavy atom. The summed E-state index contributed by atoms with van der Waals surface area (Å²) in [6.45, 7) is 3.44. The summed E-state index contributed by atoms with van der Waals surface area (Å²) in [4.78, 5) is 23.1. The molecule has 0 aliphatic heterocycles. The van der Waals surface area contributed by atoms with Gasteiger partial charge in [0.25, 0.3) is 0 Å². The van der Waals surface area contributed by atoms with Gasteiger partial charge in [-0.3, -0.25) is 13.8 Å². The van der Waals surface area contributed by atoms with Crippen LogP contribution in [0.5, 0.6) is 0 Å². The first-order valence-corrected chi connectivity index (χ1v) is 21.4. The summed E-state index contributed by atoms with van der Waals surface area (Å²) in [6.07, 6.45) is 15.2. The largest absolute Gasteiger partial charge is 0.472 e. The van der Waals surface area contributed by atoms with Crippen molar-refractivity contribution in [3.05, 3.63) is 24.3 Å². The van der Waals surface area contributed by atoms with E-state index in [1.165, 1.54) is 57.8 Å². The van der Waals surface area contributed by atoms with E-state index in [0.29, 0.717) is 12.8 Å². The average Bonchev–Trinajstić information content (AvgIpc) is 3.11. The Balaban J connectivity index is 2.32. The molecule has 0 spiro atoms. The fourth-order valence-corrected chi connectivity index (χ4v) is 7.25. The number of allylic oxidation sites excluding steroid dienone is 4. The zero-order valence-electron chi connectivity index (χ0n) is 31.7. The van der Waals surface area contributed by atoms with Gasteiger partial charge >= 0.3 is 7.82 Å². The SMILES string of the molecule is CC/C=C\C/C=C\CCCCCCCCCCCCCCC(O)CC(=O)NC(COP(=O)(O)OC1C(O)C(O)C(O)C(O)C1O)C(O)CCCCC. The molecule has 0 bridgehead atoms. The molecule has 0 saturated heterocycles. The van der Waals surface area contributed by atoms with Crippen molar-refractivity contribution in [3.63, 3.8) is 0 Å². The van der Waals surface area contributed by atoms with Crippen molar-refractivity contribution in [2.75, 3.05) is 6.61 Å². The topological polar surface area (TPSA) is 226 Å². The third-order valence-electron chi connectivity index (χ3n) is 9.58. The third kappa shape index (κ3) is 21.6. The van der Waals surface area contributed by atoms with Crippen molar-refractivity contribution < 1.29 is 59.0 Å². The highest BCUT2D eigenvalue weighted by atomic mass is 31.2. The standard InChI is InChI=1S/C38H72NO12P/c1-3-5-7-8-9-10-11-12-13-14-15-16-17-18-19-20-21-22-24-25-29(40)27-32(42)39-30(31(41)26-23-6-4-2)28-50-52(48,49)51-38-36(46)34(44)33(43)35(45)37(38)47/h5,7,9-10,29-31,33-38,40-41,43-47H,3-4,6,8,11-28H2,1-2H3,(H,39,42)(H,48,49)/b7-5-,10-9-. The van der Waals surface area contributed by atoms with Crippen LogP contribution in [0.4, 0.5) is 0 Å². The summed E-state index contributed by atoms with van der Waals surface area (Å²) in [5.41, 5.74) is 0. The number of aliphatic hydroxyl groups is 7. The van der Waals surface area contributed by atoms with Gasteiger partial charge in [-0.1, -0.05) is 128 Å². The number of rotatable bonds is 31. The highest BCUT2D eigenvalue weighted by molar-refractivity contribution is 7.47. The molecule has 9 N–H and O–H groups in total. The number of carbonyl (C=O) groups excluding carboxylic acids is 1. The number of hydrogen-bond acceptors (Lipinski definition) is 11. The molecule has 8 atom stereocenters. The van der Waals surface area contributed by atoms with E-state index in [2.05, 4.69) is 36.5 Å². The van der Waals surface area contributed by atoms with E-state index in [1.807, 2.05) is 6.92 Å². The molecule has 0 heterocycles. The van der Waals surface area contributed by atoms with Crippen LogP contribution < -0.4 is 5.32 Å². The van der Waals surface area contributed by atoms with E-state index in [1.54, 1.807) is 0 Å². The van der Waals surface area contributed by atoms with Gasteiger partial charge in [0.05, 0.1) is 31.3 Å². The number of nitrogens with one attached hydrogen (secondary N) is 1. The van der Waals surface area contributed by atoms with Crippen LogP contribution in [0.25, 0.3) is 0 Å². The highest BCUT2D eigenvalue weighted by Crippen LogP contribution is 2.47. The number of unbranched alkanes of at least 4 members (excludes halogenated alkanes) is 14. The van der Waals surface area contributed by atoms with Crippen molar-refractivity contribution >= 4 is 13.7 Å². The quantitative estimate of drug-likeness (QED) is 0.0262. The second-order valence-corrected chi connectivity index (χ2v) is 15.7. The molecular formula is C38H72NO12P. The van der Waals surface area contributed by atoms with Crippen LogP contribution in [0.15, 0.2) is 24.3 Å². The van der Waals surface area contributed by atoms with Crippen molar-refractivity contribution in [2.45, 2.75) is 204 Å². The van der Waals surface area contributed by atoms with Gasteiger partial charge in [-0.05, 0) is 38.5 Å². The van der Waals surface area contributed by atoms with Crippen LogP contribution in [0.2, 0.25) is 0 Å². The average molecular weight is 766 g/mol. The first-order chi connectivity index (χ1) is 24.8. The first kappa shape index (κ1) is 48.8. The fourth-order valence-electron chi connectivity index (χ4n) is 6.28. The summed E-state index contributed by atoms with van der Waals surface area (Å²) in [7, 11) is -5.09. The molecule has 0 aromatic heterocycles. The highest BCUT2D eigenvalue weighted by Gasteiger charge is 2.51. The Labute approximate surface area is 312 Å². The van der Waals surface area contributed by atoms with Gasteiger partial charge in [-0.15, -0.1) is 0 Å². The lowest BCUT2D eigenvalue weighted by Crippen LogP contribution is -2.64. The van der Waals surface area contributed by atoms with E-state index in [9.17, 15) is 50.0 Å². The molecule has 1 rings (SSSR count). The summed E-state index contributed by atoms with van der Waals surface area (Å²) < 4.78 is 22.5. The maximum Gasteiger partial charge on any atom is 0.472 e. The number of phosphoric ester groups is 1. The van der Waals surface area contributed by atoms with Crippen molar-refractivity contribution in [2.24, 2.45) is 0 Å². The van der Waals surface area contributed by atoms with Gasteiger partial charge < -0.3 is 46.0 Å². The van der Waals surface area contributed by atoms with Crippen molar-refractivity contribution in [3.8, 4) is 0 Å². The van der Waals surface area contributed by atoms with Crippen LogP contribution in [0.1, 0.15) is 149 Å². The van der Waals surface area contributed by atoms with E-state index in [-0.39, 0.29) is 12.8 Å². The van der Waals surface area contributed by atoms with Crippen molar-refractivity contribution in [1.82, 2.24) is 5.32 Å². The monoisotopic (exact) mass is 765 g/mol. The number of carbonyl (C=O) groups is 1. The molecule has 1 fully saturated rings. The van der Waals surface area contributed by atoms with Gasteiger partial charge in [0, 0.05) is 0 Å². The first-order valence-electron chi connectivity index (χ1n) is 19.9. The van der Waals surface area contributed by atoms with Crippen LogP contribution >= 0.6 is 7.82 Å². The number of hydrogen-bond donors (Lipinski definition) is 9. The molecule has 1 aliphatic rings. The van der Waals surface area contributed by atoms with Crippen LogP contribution in [0.3, 0.4) is 0 Å². The summed E-state index contributed by atoms with van der Waals surface area (Å²) in [6, 6.07) is -1.15. The minimum absolute atomic E-state index is 0.225. The smallest absolute Gasteiger partial charge is 0.393 e. The fraction of sp³-hybridized carbons (Fsp3) is 0.868. The van der Waals surface area contributed by atoms with Gasteiger partial charge in [-0.25, -0.2) is 4.57 Å². The molecule has 0 aromatic carbocycles. The van der Waals surface area contributed by atoms with E-state index >= 15 is 0 Å². The molecule has 13 nitrogen and oxygen atoms in total. The number of phosphoric acid groups is 1. The second kappa shape index (κ2) is 29.1. The Bertz CT molecular complexity index is 1000. The lowest BCUT2D eigenvalue weighted by Gasteiger charge is -2.41. The predicted octanol–water partition coefficient (Wildman–Crippen LogP) is 4.86. The van der Waals surface area contributed by atoms with Gasteiger partial charge in [0.15, 0.2) is 0 Å². The molecule has 52 heavy (non-hydrogen) atoms. The van der Waals surface area contributed by atoms with Crippen LogP contribution in [0, 0.1) is 0 Å². The summed E-state index contributed by atoms with van der Waals surface area (Å²) in [5, 5.41) is 73.5. The second-order valence-electron chi connectivity index (χ2n) is 14.3. The molecule has 1 amide bonds. The lowest BCUT2D eigenvalue weighted by molar-refractivity contribution is -0.220. The minimum atomic E-state index is -5.09. The number of amides is 1. The zero-order chi connectivity index (χ0) is 38.8. The minimum Gasteiger partial charge on any atom is -0.393 e. The number of aliphatic hydroxyl groups excluding tert-OH is 7. The van der Waals surface area contributed by atoms with Gasteiger partial charge in [0.1, 0.15) is 36.6 Å². The summed E-state index contributed by atoms with van der Waals surface area (Å²) in [5.74, 6) is -0.574. The molecule has 0 radical (unpaired) electrons. The maximum atomic E-state index is 12.8. The molecule has 1 aliphatic carbocycles. The lowest BCUT2D eigenvalue weighted by atomic mass is 9.85. The van der Waals surface area contributed by atoms with Crippen molar-refractivity contribution in [1.29, 1.82) is 0 Å². The maximum absolute atomic E-state index is 12.8. The molecular weight excluding hydrogens is 693 g/mol. The van der Waals surface area contributed by atoms with Gasteiger partial charge in [0.2, 0.25) is 5.91 Å². The Morgan fingerprint density at radius 3 is 1.75 bits per heavy atom. The molecule has 0 aromatic rings. The summed E-state index contributed by atoms with van der Waals surface area (Å²) >= 11 is 0. The Kier molecular flexibility index (Phi) is 27.3.